The van der Waals surface area contributed by atoms with Crippen LogP contribution in [-0.2, 0) is 0 Å². The van der Waals surface area contributed by atoms with Crippen LogP contribution >= 0.6 is 39.1 Å². The molecule has 0 nitrogen and oxygen atoms in total. The van der Waals surface area contributed by atoms with Gasteiger partial charge in [-0.3, -0.25) is 0 Å². The van der Waals surface area contributed by atoms with Gasteiger partial charge >= 0.3 is 0 Å². The molecule has 1 unspecified atom stereocenters. The molecule has 0 aliphatic heterocycles. The molecule has 0 aromatic heterocycles. The molecule has 1 atom stereocenters. The van der Waals surface area contributed by atoms with Crippen LogP contribution in [0.3, 0.4) is 0 Å². The smallest absolute Gasteiger partial charge is 0.0603 e. The normalized spacial score (nSPS) is 27.2. The molecule has 1 rings (SSSR count). The number of rotatable bonds is 0. The van der Waals surface area contributed by atoms with Crippen LogP contribution in [0.1, 0.15) is 0 Å². The zero-order valence-electron chi connectivity index (χ0n) is 4.44. The van der Waals surface area contributed by atoms with Crippen molar-refractivity contribution in [3.05, 3.63) is 28.1 Å². The van der Waals surface area contributed by atoms with E-state index in [0.29, 0.717) is 5.03 Å². The van der Waals surface area contributed by atoms with Crippen molar-refractivity contribution in [2.45, 2.75) is 5.38 Å². The molecule has 0 aromatic rings. The molecule has 0 N–H and O–H groups in total. The van der Waals surface area contributed by atoms with E-state index in [1.807, 2.05) is 12.2 Å². The van der Waals surface area contributed by atoms with E-state index >= 15 is 0 Å². The van der Waals surface area contributed by atoms with E-state index in [9.17, 15) is 0 Å². The Kier molecular flexibility index (Phi) is 2.62. The summed E-state index contributed by atoms with van der Waals surface area (Å²) in [5.74, 6) is 0. The quantitative estimate of drug-likeness (QED) is 0.557. The second-order valence-corrected chi connectivity index (χ2v) is 3.43. The first-order valence-corrected chi connectivity index (χ1v) is 4.03. The van der Waals surface area contributed by atoms with Gasteiger partial charge in [-0.15, -0.1) is 11.6 Å². The van der Waals surface area contributed by atoms with E-state index in [1.54, 1.807) is 6.42 Å². The zero-order chi connectivity index (χ0) is 6.85. The molecule has 0 saturated carbocycles. The maximum absolute atomic E-state index is 5.70. The van der Waals surface area contributed by atoms with Gasteiger partial charge in [0.1, 0.15) is 0 Å². The first-order chi connectivity index (χ1) is 4.20. The summed E-state index contributed by atoms with van der Waals surface area (Å²) in [7, 11) is 0. The molecular formula is C6H4BrCl2. The predicted octanol–water partition coefficient (Wildman–Crippen LogP) is 3.21. The highest BCUT2D eigenvalue weighted by Gasteiger charge is 2.10. The number of hydrogen-bond acceptors (Lipinski definition) is 0. The minimum absolute atomic E-state index is 0.0567. The average molecular weight is 227 g/mol. The molecule has 0 aromatic carbocycles. The maximum atomic E-state index is 5.70. The Morgan fingerprint density at radius 3 is 2.67 bits per heavy atom. The number of alkyl halides is 1. The van der Waals surface area contributed by atoms with Gasteiger partial charge in [-0.05, 0) is 22.0 Å². The van der Waals surface area contributed by atoms with Crippen LogP contribution in [0.5, 0.6) is 0 Å². The van der Waals surface area contributed by atoms with Crippen molar-refractivity contribution in [3.8, 4) is 0 Å². The molecular weight excluding hydrogens is 223 g/mol. The Bertz CT molecular complexity index is 172. The van der Waals surface area contributed by atoms with Gasteiger partial charge in [-0.2, -0.15) is 0 Å². The lowest BCUT2D eigenvalue weighted by Gasteiger charge is -2.08. The minimum atomic E-state index is -0.0567. The zero-order valence-corrected chi connectivity index (χ0v) is 7.54. The van der Waals surface area contributed by atoms with Gasteiger partial charge < -0.3 is 0 Å². The summed E-state index contributed by atoms with van der Waals surface area (Å²) < 4.78 is 0.890. The fourth-order valence-electron chi connectivity index (χ4n) is 0.531. The van der Waals surface area contributed by atoms with Crippen molar-refractivity contribution in [3.63, 3.8) is 0 Å². The Morgan fingerprint density at radius 2 is 2.22 bits per heavy atom. The van der Waals surface area contributed by atoms with Crippen LogP contribution in [0.25, 0.3) is 0 Å². The molecule has 0 fully saturated rings. The van der Waals surface area contributed by atoms with Crippen LogP contribution < -0.4 is 0 Å². The van der Waals surface area contributed by atoms with E-state index in [1.165, 1.54) is 0 Å². The molecule has 0 bridgehead atoms. The molecule has 1 radical (unpaired) electrons. The summed E-state index contributed by atoms with van der Waals surface area (Å²) in [4.78, 5) is 0. The fourth-order valence-corrected chi connectivity index (χ4v) is 1.28. The molecule has 1 aliphatic rings. The van der Waals surface area contributed by atoms with Gasteiger partial charge in [0.25, 0.3) is 0 Å². The van der Waals surface area contributed by atoms with Crippen LogP contribution in [0, 0.1) is 6.42 Å². The number of allylic oxidation sites excluding steroid dienone is 4. The minimum Gasteiger partial charge on any atom is -0.118 e. The van der Waals surface area contributed by atoms with Crippen molar-refractivity contribution in [2.24, 2.45) is 0 Å². The van der Waals surface area contributed by atoms with Crippen molar-refractivity contribution in [2.75, 3.05) is 0 Å². The average Bonchev–Trinajstić information content (AvgIpc) is 1.80. The monoisotopic (exact) mass is 225 g/mol. The Morgan fingerprint density at radius 1 is 1.56 bits per heavy atom. The SMILES string of the molecule is ClC1=C(Br)C=CC(Cl)[CH]1. The lowest BCUT2D eigenvalue weighted by atomic mass is 10.2. The van der Waals surface area contributed by atoms with Gasteiger partial charge in [-0.1, -0.05) is 17.7 Å². The van der Waals surface area contributed by atoms with E-state index < -0.39 is 0 Å². The van der Waals surface area contributed by atoms with Gasteiger partial charge in [0.15, 0.2) is 0 Å². The maximum Gasteiger partial charge on any atom is 0.0603 e. The van der Waals surface area contributed by atoms with Crippen LogP contribution in [0.2, 0.25) is 0 Å². The molecule has 0 spiro atoms. The third kappa shape index (κ3) is 1.99. The summed E-state index contributed by atoms with van der Waals surface area (Å²) in [5, 5.41) is 0.622. The first kappa shape index (κ1) is 7.64. The van der Waals surface area contributed by atoms with Crippen LogP contribution in [0.15, 0.2) is 21.7 Å². The Balaban J connectivity index is 2.75. The van der Waals surface area contributed by atoms with Crippen molar-refractivity contribution in [1.82, 2.24) is 0 Å². The van der Waals surface area contributed by atoms with Gasteiger partial charge in [-0.25, -0.2) is 0 Å². The van der Waals surface area contributed by atoms with Gasteiger partial charge in [0.2, 0.25) is 0 Å². The molecule has 49 valence electrons. The van der Waals surface area contributed by atoms with Crippen molar-refractivity contribution in [1.29, 1.82) is 0 Å². The fraction of sp³-hybridized carbons (Fsp3) is 0.167. The third-order valence-corrected chi connectivity index (χ3v) is 2.48. The van der Waals surface area contributed by atoms with E-state index in [4.69, 9.17) is 23.2 Å². The lowest BCUT2D eigenvalue weighted by molar-refractivity contribution is 1.25. The van der Waals surface area contributed by atoms with E-state index in [2.05, 4.69) is 15.9 Å². The van der Waals surface area contributed by atoms with Crippen molar-refractivity contribution < 1.29 is 0 Å². The summed E-state index contributed by atoms with van der Waals surface area (Å²) >= 11 is 14.7. The molecule has 0 heterocycles. The Hall–Kier alpha value is 0.540. The highest BCUT2D eigenvalue weighted by Crippen LogP contribution is 2.27. The number of hydrogen-bond donors (Lipinski definition) is 0. The highest BCUT2D eigenvalue weighted by atomic mass is 79.9. The second kappa shape index (κ2) is 3.09. The van der Waals surface area contributed by atoms with Crippen LogP contribution in [0.4, 0.5) is 0 Å². The second-order valence-electron chi connectivity index (χ2n) is 1.67. The van der Waals surface area contributed by atoms with Gasteiger partial charge in [0.05, 0.1) is 5.38 Å². The topological polar surface area (TPSA) is 0 Å². The highest BCUT2D eigenvalue weighted by molar-refractivity contribution is 9.12. The predicted molar refractivity (Wildman–Crippen MR) is 44.9 cm³/mol. The summed E-state index contributed by atoms with van der Waals surface area (Å²) in [6.45, 7) is 0. The lowest BCUT2D eigenvalue weighted by Crippen LogP contribution is -1.99. The van der Waals surface area contributed by atoms with E-state index in [0.717, 1.165) is 4.48 Å². The Labute approximate surface area is 72.7 Å². The van der Waals surface area contributed by atoms with Crippen molar-refractivity contribution >= 4 is 39.1 Å². The third-order valence-electron chi connectivity index (χ3n) is 0.960. The van der Waals surface area contributed by atoms with E-state index in [-0.39, 0.29) is 5.38 Å². The molecule has 3 heteroatoms. The first-order valence-electron chi connectivity index (χ1n) is 2.42. The van der Waals surface area contributed by atoms with Gasteiger partial charge in [0, 0.05) is 15.9 Å². The number of halogens is 3. The summed E-state index contributed by atoms with van der Waals surface area (Å²) in [6.07, 6.45) is 5.48. The molecule has 0 saturated heterocycles. The molecule has 9 heavy (non-hydrogen) atoms. The largest absolute Gasteiger partial charge is 0.118 e. The molecule has 1 aliphatic carbocycles. The summed E-state index contributed by atoms with van der Waals surface area (Å²) in [6, 6.07) is 0. The van der Waals surface area contributed by atoms with Crippen LogP contribution in [-0.4, -0.2) is 5.38 Å². The summed E-state index contributed by atoms with van der Waals surface area (Å²) in [5.41, 5.74) is 0. The standard InChI is InChI=1S/C6H4BrCl2/c7-5-2-1-4(8)3-6(5)9/h1-4H. The molecule has 0 amide bonds.